The van der Waals surface area contributed by atoms with E-state index in [1.54, 1.807) is 47.4 Å². The minimum Gasteiger partial charge on any atom is -0.489 e. The zero-order valence-corrected chi connectivity index (χ0v) is 15.3. The van der Waals surface area contributed by atoms with E-state index < -0.39 is 0 Å². The number of halogens is 1. The van der Waals surface area contributed by atoms with Gasteiger partial charge in [0.2, 0.25) is 0 Å². The molecular weight excluding hydrogens is 331 g/mol. The Morgan fingerprint density at radius 3 is 2.62 bits per heavy atom. The zero-order chi connectivity index (χ0) is 18.5. The number of ether oxygens (including phenoxy) is 1. The molecule has 1 atom stereocenters. The molecule has 138 valence electrons. The van der Waals surface area contributed by atoms with E-state index in [1.807, 2.05) is 7.05 Å². The van der Waals surface area contributed by atoms with Gasteiger partial charge in [-0.2, -0.15) is 0 Å². The Hall–Kier alpha value is -2.40. The van der Waals surface area contributed by atoms with Gasteiger partial charge in [0.05, 0.1) is 0 Å². The highest BCUT2D eigenvalue weighted by atomic mass is 19.1. The van der Waals surface area contributed by atoms with Gasteiger partial charge in [-0.05, 0) is 56.3 Å². The highest BCUT2D eigenvalue weighted by Gasteiger charge is 2.23. The maximum absolute atomic E-state index is 13.6. The van der Waals surface area contributed by atoms with Crippen LogP contribution in [-0.2, 0) is 6.61 Å². The van der Waals surface area contributed by atoms with Gasteiger partial charge in [0.15, 0.2) is 0 Å². The van der Waals surface area contributed by atoms with Crippen LogP contribution >= 0.6 is 0 Å². The van der Waals surface area contributed by atoms with E-state index in [0.29, 0.717) is 22.8 Å². The quantitative estimate of drug-likeness (QED) is 0.795. The van der Waals surface area contributed by atoms with E-state index in [0.717, 1.165) is 26.1 Å². The fourth-order valence-corrected chi connectivity index (χ4v) is 3.34. The molecule has 0 N–H and O–H groups in total. The Morgan fingerprint density at radius 2 is 1.96 bits per heavy atom. The second-order valence-electron chi connectivity index (χ2n) is 7.01. The molecule has 1 heterocycles. The molecule has 4 nitrogen and oxygen atoms in total. The second kappa shape index (κ2) is 8.32. The molecule has 2 aromatic rings. The van der Waals surface area contributed by atoms with Crippen molar-refractivity contribution in [2.24, 2.45) is 5.92 Å². The molecule has 1 aliphatic rings. The van der Waals surface area contributed by atoms with Crippen LogP contribution in [0.15, 0.2) is 48.5 Å². The Labute approximate surface area is 154 Å². The molecule has 5 heteroatoms. The minimum absolute atomic E-state index is 0.0141. The number of rotatable bonds is 6. The summed E-state index contributed by atoms with van der Waals surface area (Å²) in [5.41, 5.74) is 1.14. The van der Waals surface area contributed by atoms with Crippen LogP contribution in [0.3, 0.4) is 0 Å². The molecule has 1 fully saturated rings. The number of carbonyl (C=O) groups is 1. The second-order valence-corrected chi connectivity index (χ2v) is 7.01. The van der Waals surface area contributed by atoms with E-state index in [2.05, 4.69) is 11.9 Å². The molecule has 0 aromatic heterocycles. The van der Waals surface area contributed by atoms with Crippen molar-refractivity contribution in [3.05, 3.63) is 65.5 Å². The normalized spacial score (nSPS) is 17.3. The molecule has 0 saturated carbocycles. The fraction of sp³-hybridized carbons (Fsp3) is 0.381. The summed E-state index contributed by atoms with van der Waals surface area (Å²) in [7, 11) is 3.96. The summed E-state index contributed by atoms with van der Waals surface area (Å²) in [5, 5.41) is 0. The van der Waals surface area contributed by atoms with Crippen LogP contribution in [0.2, 0.25) is 0 Å². The Morgan fingerprint density at radius 1 is 1.23 bits per heavy atom. The molecule has 0 radical (unpaired) electrons. The molecule has 0 aliphatic carbocycles. The predicted molar refractivity (Wildman–Crippen MR) is 99.7 cm³/mol. The third-order valence-electron chi connectivity index (χ3n) is 4.82. The third-order valence-corrected chi connectivity index (χ3v) is 4.82. The molecule has 2 aromatic carbocycles. The van der Waals surface area contributed by atoms with E-state index in [4.69, 9.17) is 4.74 Å². The molecule has 1 unspecified atom stereocenters. The number of hydrogen-bond acceptors (Lipinski definition) is 3. The molecule has 26 heavy (non-hydrogen) atoms. The van der Waals surface area contributed by atoms with Crippen molar-refractivity contribution in [1.29, 1.82) is 0 Å². The smallest absolute Gasteiger partial charge is 0.253 e. The monoisotopic (exact) mass is 356 g/mol. The number of carbonyl (C=O) groups excluding carboxylic acids is 1. The van der Waals surface area contributed by atoms with Gasteiger partial charge < -0.3 is 14.5 Å². The minimum atomic E-state index is -0.279. The molecule has 3 rings (SSSR count). The lowest BCUT2D eigenvalue weighted by molar-refractivity contribution is 0.0774. The van der Waals surface area contributed by atoms with Crippen molar-refractivity contribution in [2.45, 2.75) is 13.0 Å². The van der Waals surface area contributed by atoms with Gasteiger partial charge in [0.25, 0.3) is 5.91 Å². The summed E-state index contributed by atoms with van der Waals surface area (Å²) >= 11 is 0. The summed E-state index contributed by atoms with van der Waals surface area (Å²) < 4.78 is 19.2. The Kier molecular flexibility index (Phi) is 5.89. The molecule has 1 saturated heterocycles. The van der Waals surface area contributed by atoms with Crippen LogP contribution in [0, 0.1) is 11.7 Å². The summed E-state index contributed by atoms with van der Waals surface area (Å²) in [4.78, 5) is 16.7. The van der Waals surface area contributed by atoms with E-state index in [9.17, 15) is 9.18 Å². The van der Waals surface area contributed by atoms with Gasteiger partial charge in [0.1, 0.15) is 18.2 Å². The van der Waals surface area contributed by atoms with Crippen LogP contribution < -0.4 is 4.74 Å². The molecule has 0 spiro atoms. The summed E-state index contributed by atoms with van der Waals surface area (Å²) in [5.74, 6) is 0.890. The van der Waals surface area contributed by atoms with E-state index >= 15 is 0 Å². The maximum atomic E-state index is 13.6. The van der Waals surface area contributed by atoms with Crippen molar-refractivity contribution in [3.63, 3.8) is 0 Å². The molecule has 0 bridgehead atoms. The van der Waals surface area contributed by atoms with Gasteiger partial charge in [-0.25, -0.2) is 4.39 Å². The van der Waals surface area contributed by atoms with Crippen LogP contribution in [0.1, 0.15) is 22.3 Å². The van der Waals surface area contributed by atoms with Crippen LogP contribution in [0.5, 0.6) is 5.75 Å². The van der Waals surface area contributed by atoms with Crippen molar-refractivity contribution < 1.29 is 13.9 Å². The Bertz CT molecular complexity index is 748. The average Bonchev–Trinajstić information content (AvgIpc) is 3.05. The van der Waals surface area contributed by atoms with Gasteiger partial charge in [-0.15, -0.1) is 0 Å². The van der Waals surface area contributed by atoms with Crippen molar-refractivity contribution in [2.75, 3.05) is 33.7 Å². The average molecular weight is 356 g/mol. The SMILES string of the molecule is CN1CCC(CN(C)C(=O)c2ccc(OCc3ccccc3F)cc2)C1. The number of hydrogen-bond donors (Lipinski definition) is 0. The van der Waals surface area contributed by atoms with Crippen molar-refractivity contribution >= 4 is 5.91 Å². The largest absolute Gasteiger partial charge is 0.489 e. The van der Waals surface area contributed by atoms with Gasteiger partial charge in [-0.3, -0.25) is 4.79 Å². The number of benzene rings is 2. The van der Waals surface area contributed by atoms with Crippen molar-refractivity contribution in [1.82, 2.24) is 9.80 Å². The summed E-state index contributed by atoms with van der Waals surface area (Å²) in [6, 6.07) is 13.6. The topological polar surface area (TPSA) is 32.8 Å². The van der Waals surface area contributed by atoms with Crippen LogP contribution in [0.25, 0.3) is 0 Å². The first-order valence-electron chi connectivity index (χ1n) is 8.93. The highest BCUT2D eigenvalue weighted by molar-refractivity contribution is 5.94. The van der Waals surface area contributed by atoms with Gasteiger partial charge in [0, 0.05) is 31.3 Å². The number of nitrogens with zero attached hydrogens (tertiary/aromatic N) is 2. The van der Waals surface area contributed by atoms with Crippen LogP contribution in [0.4, 0.5) is 4.39 Å². The molecule has 1 aliphatic heterocycles. The third kappa shape index (κ3) is 4.61. The highest BCUT2D eigenvalue weighted by Crippen LogP contribution is 2.19. The van der Waals surface area contributed by atoms with Crippen LogP contribution in [-0.4, -0.2) is 49.4 Å². The van der Waals surface area contributed by atoms with E-state index in [1.165, 1.54) is 6.07 Å². The number of likely N-dealkylation sites (tertiary alicyclic amines) is 1. The van der Waals surface area contributed by atoms with Crippen molar-refractivity contribution in [3.8, 4) is 5.75 Å². The number of amides is 1. The maximum Gasteiger partial charge on any atom is 0.253 e. The standard InChI is InChI=1S/C21H25FN2O2/c1-23-12-11-16(13-23)14-24(2)21(25)17-7-9-19(10-8-17)26-15-18-5-3-4-6-20(18)22/h3-10,16H,11-15H2,1-2H3. The lowest BCUT2D eigenvalue weighted by Gasteiger charge is -2.21. The van der Waals surface area contributed by atoms with Gasteiger partial charge in [-0.1, -0.05) is 18.2 Å². The fourth-order valence-electron chi connectivity index (χ4n) is 3.34. The summed E-state index contributed by atoms with van der Waals surface area (Å²) in [6.07, 6.45) is 1.14. The molecule has 1 amide bonds. The predicted octanol–water partition coefficient (Wildman–Crippen LogP) is 3.43. The lowest BCUT2D eigenvalue weighted by atomic mass is 10.1. The summed E-state index contributed by atoms with van der Waals surface area (Å²) in [6.45, 7) is 3.07. The first kappa shape index (κ1) is 18.4. The Balaban J connectivity index is 1.54. The van der Waals surface area contributed by atoms with E-state index in [-0.39, 0.29) is 18.3 Å². The first-order valence-corrected chi connectivity index (χ1v) is 8.93. The first-order chi connectivity index (χ1) is 12.5. The van der Waals surface area contributed by atoms with Gasteiger partial charge >= 0.3 is 0 Å². The molecular formula is C21H25FN2O2. The lowest BCUT2D eigenvalue weighted by Crippen LogP contribution is -2.32. The zero-order valence-electron chi connectivity index (χ0n) is 15.3.